The van der Waals surface area contributed by atoms with Crippen molar-refractivity contribution < 1.29 is 8.78 Å². The normalized spacial score (nSPS) is 11.1. The SMILES string of the molecule is Fc1cccc(-c2nc3ccc(Br)cc3[nH]2)c1F. The predicted octanol–water partition coefficient (Wildman–Crippen LogP) is 4.27. The number of fused-ring (bicyclic) bond motifs is 1. The van der Waals surface area contributed by atoms with Gasteiger partial charge in [-0.3, -0.25) is 0 Å². The molecule has 0 atom stereocenters. The third kappa shape index (κ3) is 1.80. The Morgan fingerprint density at radius 3 is 2.78 bits per heavy atom. The Hall–Kier alpha value is -1.75. The fourth-order valence-electron chi connectivity index (χ4n) is 1.80. The summed E-state index contributed by atoms with van der Waals surface area (Å²) in [6.07, 6.45) is 0. The van der Waals surface area contributed by atoms with Crippen LogP contribution in [0.3, 0.4) is 0 Å². The predicted molar refractivity (Wildman–Crippen MR) is 69.1 cm³/mol. The highest BCUT2D eigenvalue weighted by Gasteiger charge is 2.13. The lowest BCUT2D eigenvalue weighted by Crippen LogP contribution is -1.90. The van der Waals surface area contributed by atoms with Crippen molar-refractivity contribution in [3.63, 3.8) is 0 Å². The molecule has 3 aromatic rings. The summed E-state index contributed by atoms with van der Waals surface area (Å²) < 4.78 is 27.7. The lowest BCUT2D eigenvalue weighted by Gasteiger charge is -1.99. The second-order valence-corrected chi connectivity index (χ2v) is 4.76. The van der Waals surface area contributed by atoms with Crippen LogP contribution in [-0.2, 0) is 0 Å². The van der Waals surface area contributed by atoms with Crippen molar-refractivity contribution in [1.82, 2.24) is 9.97 Å². The zero-order valence-corrected chi connectivity index (χ0v) is 10.6. The average Bonchev–Trinajstić information content (AvgIpc) is 2.75. The van der Waals surface area contributed by atoms with Crippen LogP contribution in [0.15, 0.2) is 40.9 Å². The minimum Gasteiger partial charge on any atom is -0.338 e. The topological polar surface area (TPSA) is 28.7 Å². The van der Waals surface area contributed by atoms with Crippen LogP contribution in [0, 0.1) is 11.6 Å². The van der Waals surface area contributed by atoms with Gasteiger partial charge in [0.05, 0.1) is 16.6 Å². The molecule has 2 nitrogen and oxygen atoms in total. The second-order valence-electron chi connectivity index (χ2n) is 3.85. The molecule has 0 unspecified atom stereocenters. The summed E-state index contributed by atoms with van der Waals surface area (Å²) in [5, 5.41) is 0. The van der Waals surface area contributed by atoms with Crippen molar-refractivity contribution >= 4 is 27.0 Å². The van der Waals surface area contributed by atoms with E-state index in [1.165, 1.54) is 12.1 Å². The van der Waals surface area contributed by atoms with Crippen LogP contribution < -0.4 is 0 Å². The van der Waals surface area contributed by atoms with Crippen molar-refractivity contribution in [3.8, 4) is 11.4 Å². The Labute approximate surface area is 110 Å². The summed E-state index contributed by atoms with van der Waals surface area (Å²) in [6, 6.07) is 9.51. The van der Waals surface area contributed by atoms with Gasteiger partial charge in [-0.2, -0.15) is 0 Å². The lowest BCUT2D eigenvalue weighted by atomic mass is 10.2. The summed E-state index contributed by atoms with van der Waals surface area (Å²) in [5.74, 6) is -1.45. The molecular weight excluding hydrogens is 302 g/mol. The van der Waals surface area contributed by atoms with Gasteiger partial charge >= 0.3 is 0 Å². The summed E-state index contributed by atoms with van der Waals surface area (Å²) in [4.78, 5) is 7.22. The van der Waals surface area contributed by atoms with E-state index in [0.29, 0.717) is 11.3 Å². The van der Waals surface area contributed by atoms with Crippen LogP contribution >= 0.6 is 15.9 Å². The second kappa shape index (κ2) is 4.17. The summed E-state index contributed by atoms with van der Waals surface area (Å²) >= 11 is 3.34. The smallest absolute Gasteiger partial charge is 0.169 e. The fourth-order valence-corrected chi connectivity index (χ4v) is 2.16. The van der Waals surface area contributed by atoms with E-state index in [2.05, 4.69) is 25.9 Å². The molecule has 0 spiro atoms. The van der Waals surface area contributed by atoms with Crippen LogP contribution in [0.25, 0.3) is 22.4 Å². The van der Waals surface area contributed by atoms with Crippen LogP contribution in [0.4, 0.5) is 8.78 Å². The molecule has 0 aliphatic rings. The maximum absolute atomic E-state index is 13.7. The molecule has 0 saturated heterocycles. The van der Waals surface area contributed by atoms with Crippen LogP contribution in [0.2, 0.25) is 0 Å². The zero-order valence-electron chi connectivity index (χ0n) is 9.05. The third-order valence-electron chi connectivity index (χ3n) is 2.65. The molecule has 0 bridgehead atoms. The number of hydrogen-bond donors (Lipinski definition) is 1. The van der Waals surface area contributed by atoms with Gasteiger partial charge in [-0.1, -0.05) is 22.0 Å². The van der Waals surface area contributed by atoms with E-state index in [-0.39, 0.29) is 5.56 Å². The number of nitrogens with one attached hydrogen (secondary N) is 1. The van der Waals surface area contributed by atoms with Crippen molar-refractivity contribution in [2.24, 2.45) is 0 Å². The lowest BCUT2D eigenvalue weighted by molar-refractivity contribution is 0.510. The van der Waals surface area contributed by atoms with Crippen LogP contribution in [-0.4, -0.2) is 9.97 Å². The van der Waals surface area contributed by atoms with E-state index < -0.39 is 11.6 Å². The number of aromatic amines is 1. The first-order valence-corrected chi connectivity index (χ1v) is 6.04. The Kier molecular flexibility index (Phi) is 2.63. The van der Waals surface area contributed by atoms with E-state index in [0.717, 1.165) is 16.1 Å². The third-order valence-corrected chi connectivity index (χ3v) is 3.14. The van der Waals surface area contributed by atoms with E-state index in [9.17, 15) is 8.78 Å². The van der Waals surface area contributed by atoms with Crippen molar-refractivity contribution in [2.75, 3.05) is 0 Å². The molecule has 0 amide bonds. The molecule has 0 aliphatic carbocycles. The van der Waals surface area contributed by atoms with E-state index >= 15 is 0 Å². The molecule has 5 heteroatoms. The zero-order chi connectivity index (χ0) is 12.7. The number of rotatable bonds is 1. The highest BCUT2D eigenvalue weighted by atomic mass is 79.9. The molecule has 2 aromatic carbocycles. The van der Waals surface area contributed by atoms with Gasteiger partial charge in [-0.15, -0.1) is 0 Å². The van der Waals surface area contributed by atoms with Gasteiger partial charge in [-0.05, 0) is 30.3 Å². The summed E-state index contributed by atoms with van der Waals surface area (Å²) in [5.41, 5.74) is 1.60. The number of benzene rings is 2. The summed E-state index contributed by atoms with van der Waals surface area (Å²) in [7, 11) is 0. The maximum atomic E-state index is 13.7. The Balaban J connectivity index is 2.22. The molecule has 90 valence electrons. The van der Waals surface area contributed by atoms with Gasteiger partial charge in [0.1, 0.15) is 5.82 Å². The largest absolute Gasteiger partial charge is 0.338 e. The number of halogens is 3. The Bertz CT molecular complexity index is 737. The number of nitrogens with zero attached hydrogens (tertiary/aromatic N) is 1. The highest BCUT2D eigenvalue weighted by molar-refractivity contribution is 9.10. The number of H-pyrrole nitrogens is 1. The van der Waals surface area contributed by atoms with Gasteiger partial charge in [0.25, 0.3) is 0 Å². The minimum absolute atomic E-state index is 0.127. The molecular formula is C13H7BrF2N2. The molecule has 0 fully saturated rings. The van der Waals surface area contributed by atoms with Gasteiger partial charge in [0.2, 0.25) is 0 Å². The first kappa shape index (κ1) is 11.3. The molecule has 1 aromatic heterocycles. The van der Waals surface area contributed by atoms with Crippen molar-refractivity contribution in [2.45, 2.75) is 0 Å². The quantitative estimate of drug-likeness (QED) is 0.714. The molecule has 3 rings (SSSR count). The van der Waals surface area contributed by atoms with E-state index in [1.54, 1.807) is 6.07 Å². The number of imidazole rings is 1. The van der Waals surface area contributed by atoms with Crippen LogP contribution in [0.5, 0.6) is 0 Å². The van der Waals surface area contributed by atoms with Gasteiger partial charge in [0, 0.05) is 4.47 Å². The fraction of sp³-hybridized carbons (Fsp3) is 0. The van der Waals surface area contributed by atoms with E-state index in [1.807, 2.05) is 12.1 Å². The molecule has 0 radical (unpaired) electrons. The maximum Gasteiger partial charge on any atom is 0.169 e. The van der Waals surface area contributed by atoms with Crippen LogP contribution in [0.1, 0.15) is 0 Å². The first-order valence-electron chi connectivity index (χ1n) is 5.25. The average molecular weight is 309 g/mol. The Morgan fingerprint density at radius 1 is 1.11 bits per heavy atom. The molecule has 1 N–H and O–H groups in total. The molecule has 0 aliphatic heterocycles. The molecule has 18 heavy (non-hydrogen) atoms. The molecule has 1 heterocycles. The summed E-state index contributed by atoms with van der Waals surface area (Å²) in [6.45, 7) is 0. The first-order chi connectivity index (χ1) is 8.65. The van der Waals surface area contributed by atoms with Crippen molar-refractivity contribution in [1.29, 1.82) is 0 Å². The molecule has 0 saturated carbocycles. The minimum atomic E-state index is -0.893. The number of hydrogen-bond acceptors (Lipinski definition) is 1. The van der Waals surface area contributed by atoms with Gasteiger partial charge < -0.3 is 4.98 Å². The van der Waals surface area contributed by atoms with E-state index in [4.69, 9.17) is 0 Å². The van der Waals surface area contributed by atoms with Gasteiger partial charge in [0.15, 0.2) is 11.6 Å². The van der Waals surface area contributed by atoms with Crippen molar-refractivity contribution in [3.05, 3.63) is 52.5 Å². The Morgan fingerprint density at radius 2 is 1.94 bits per heavy atom. The monoisotopic (exact) mass is 308 g/mol. The van der Waals surface area contributed by atoms with Gasteiger partial charge in [-0.25, -0.2) is 13.8 Å². The standard InChI is InChI=1S/C13H7BrF2N2/c14-7-4-5-10-11(6-7)18-13(17-10)8-2-1-3-9(15)12(8)16/h1-6H,(H,17,18). The highest BCUT2D eigenvalue weighted by Crippen LogP contribution is 2.25. The number of aromatic nitrogens is 2.